The fourth-order valence-electron chi connectivity index (χ4n) is 4.69. The lowest BCUT2D eigenvalue weighted by atomic mass is 9.87. The first kappa shape index (κ1) is 20.9. The van der Waals surface area contributed by atoms with Crippen molar-refractivity contribution < 1.29 is 13.2 Å². The molecule has 5 nitrogen and oxygen atoms in total. The van der Waals surface area contributed by atoms with Crippen molar-refractivity contribution in [3.8, 4) is 0 Å². The number of nitrogens with zero attached hydrogens (tertiary/aromatic N) is 1. The van der Waals surface area contributed by atoms with E-state index in [0.29, 0.717) is 11.7 Å². The van der Waals surface area contributed by atoms with Gasteiger partial charge in [-0.1, -0.05) is 19.3 Å². The first-order valence-corrected chi connectivity index (χ1v) is 10.6. The summed E-state index contributed by atoms with van der Waals surface area (Å²) in [6, 6.07) is 4.86. The molecule has 1 saturated heterocycles. The molecule has 2 unspecified atom stereocenters. The highest BCUT2D eigenvalue weighted by Crippen LogP contribution is 2.32. The quantitative estimate of drug-likeness (QED) is 0.707. The Bertz CT molecular complexity index is 942. The van der Waals surface area contributed by atoms with E-state index >= 15 is 0 Å². The number of hydrogen-bond donors (Lipinski definition) is 2. The first-order valence-electron chi connectivity index (χ1n) is 10.6. The molecule has 2 aromatic carbocycles. The van der Waals surface area contributed by atoms with Crippen molar-refractivity contribution in [1.82, 2.24) is 4.90 Å². The van der Waals surface area contributed by atoms with Crippen molar-refractivity contribution in [1.29, 1.82) is 0 Å². The minimum absolute atomic E-state index is 0.0910. The van der Waals surface area contributed by atoms with Gasteiger partial charge < -0.3 is 10.6 Å². The number of piperidine rings is 1. The van der Waals surface area contributed by atoms with Crippen molar-refractivity contribution >= 4 is 17.1 Å². The summed E-state index contributed by atoms with van der Waals surface area (Å²) < 4.78 is 38.2. The lowest BCUT2D eigenvalue weighted by molar-refractivity contribution is -0.137. The van der Waals surface area contributed by atoms with Crippen molar-refractivity contribution in [2.75, 3.05) is 23.7 Å². The molecule has 0 aromatic heterocycles. The zero-order valence-corrected chi connectivity index (χ0v) is 16.7. The van der Waals surface area contributed by atoms with E-state index < -0.39 is 22.6 Å². The molecule has 0 amide bonds. The van der Waals surface area contributed by atoms with E-state index in [9.17, 15) is 22.8 Å². The van der Waals surface area contributed by atoms with Crippen LogP contribution in [0.2, 0.25) is 0 Å². The van der Waals surface area contributed by atoms with Gasteiger partial charge in [-0.15, -0.1) is 0 Å². The Balaban J connectivity index is 1.49. The third kappa shape index (κ3) is 4.24. The summed E-state index contributed by atoms with van der Waals surface area (Å²) in [5.41, 5.74) is -1.22. The van der Waals surface area contributed by atoms with Gasteiger partial charge in [0, 0.05) is 17.8 Å². The summed E-state index contributed by atoms with van der Waals surface area (Å²) in [5.74, 6) is 0. The number of alkyl halides is 3. The molecule has 0 radical (unpaired) electrons. The van der Waals surface area contributed by atoms with Crippen LogP contribution in [-0.4, -0.2) is 30.1 Å². The number of rotatable bonds is 5. The molecule has 0 spiro atoms. The maximum Gasteiger partial charge on any atom is 0.416 e. The largest absolute Gasteiger partial charge is 0.416 e. The lowest BCUT2D eigenvalue weighted by Crippen LogP contribution is -2.52. The van der Waals surface area contributed by atoms with Crippen LogP contribution >= 0.6 is 0 Å². The van der Waals surface area contributed by atoms with Crippen molar-refractivity contribution in [3.05, 3.63) is 50.3 Å². The van der Waals surface area contributed by atoms with E-state index in [-0.39, 0.29) is 17.4 Å². The highest BCUT2D eigenvalue weighted by molar-refractivity contribution is 5.79. The Hall–Kier alpha value is -2.35. The Morgan fingerprint density at radius 3 is 2.13 bits per heavy atom. The molecule has 1 saturated carbocycles. The minimum Gasteiger partial charge on any atom is -0.376 e. The average Bonchev–Trinajstić information content (AvgIpc) is 2.76. The number of hydrogen-bond acceptors (Lipinski definition) is 5. The Labute approximate surface area is 173 Å². The van der Waals surface area contributed by atoms with Crippen LogP contribution in [0, 0.1) is 0 Å². The number of nitrogens with one attached hydrogen (secondary N) is 2. The molecule has 2 atom stereocenters. The molecule has 2 aromatic rings. The van der Waals surface area contributed by atoms with Crippen molar-refractivity contribution in [2.45, 2.75) is 63.2 Å². The summed E-state index contributed by atoms with van der Waals surface area (Å²) in [7, 11) is 0. The first-order chi connectivity index (χ1) is 14.3. The summed E-state index contributed by atoms with van der Waals surface area (Å²) in [5, 5.41) is 6.15. The smallest absolute Gasteiger partial charge is 0.376 e. The van der Waals surface area contributed by atoms with E-state index in [1.807, 2.05) is 0 Å². The van der Waals surface area contributed by atoms with Crippen molar-refractivity contribution in [3.63, 3.8) is 0 Å². The Kier molecular flexibility index (Phi) is 5.86. The number of anilines is 3. The van der Waals surface area contributed by atoms with Crippen LogP contribution in [0.3, 0.4) is 0 Å². The molecule has 2 N–H and O–H groups in total. The number of likely N-dealkylation sites (tertiary alicyclic amines) is 1. The molecule has 162 valence electrons. The second-order valence-corrected chi connectivity index (χ2v) is 8.31. The zero-order chi connectivity index (χ0) is 21.3. The number of halogens is 3. The van der Waals surface area contributed by atoms with Crippen LogP contribution in [0.5, 0.6) is 0 Å². The molecule has 0 bridgehead atoms. The van der Waals surface area contributed by atoms with Gasteiger partial charge in [-0.2, -0.15) is 13.2 Å². The monoisotopic (exact) mass is 421 g/mol. The van der Waals surface area contributed by atoms with Gasteiger partial charge in [0.2, 0.25) is 0 Å². The maximum atomic E-state index is 12.7. The fraction of sp³-hybridized carbons (Fsp3) is 0.545. The third-order valence-electron chi connectivity index (χ3n) is 6.31. The molecule has 4 rings (SSSR count). The fourth-order valence-corrected chi connectivity index (χ4v) is 4.69. The third-order valence-corrected chi connectivity index (χ3v) is 6.31. The lowest BCUT2D eigenvalue weighted by Gasteiger charge is -2.42. The molecule has 1 heterocycles. The predicted octanol–water partition coefficient (Wildman–Crippen LogP) is 4.25. The van der Waals surface area contributed by atoms with Crippen LogP contribution in [0.25, 0.3) is 0 Å². The molecule has 2 fully saturated rings. The van der Waals surface area contributed by atoms with E-state index in [4.69, 9.17) is 0 Å². The standard InChI is InChI=1S/C22H26F3N3O2/c23-22(24,25)14-8-10-15(11-9-14)26-18-19(21(30)20(18)29)27-16-6-2-3-7-17(16)28-12-4-1-5-13-28/h8-11,16-17,26-27H,1-7,12-13H2. The summed E-state index contributed by atoms with van der Waals surface area (Å²) in [6.07, 6.45) is 3.42. The molecular weight excluding hydrogens is 395 g/mol. The van der Waals surface area contributed by atoms with E-state index in [2.05, 4.69) is 15.5 Å². The molecule has 2 aliphatic rings. The van der Waals surface area contributed by atoms with Gasteiger partial charge in [0.05, 0.1) is 5.56 Å². The van der Waals surface area contributed by atoms with Gasteiger partial charge >= 0.3 is 6.18 Å². The topological polar surface area (TPSA) is 61.4 Å². The highest BCUT2D eigenvalue weighted by Gasteiger charge is 2.34. The molecule has 1 aliphatic heterocycles. The second kappa shape index (κ2) is 8.41. The van der Waals surface area contributed by atoms with Crippen LogP contribution in [0.15, 0.2) is 33.9 Å². The molecule has 1 aliphatic carbocycles. The summed E-state index contributed by atoms with van der Waals surface area (Å²) in [4.78, 5) is 26.9. The van der Waals surface area contributed by atoms with Gasteiger partial charge in [0.25, 0.3) is 10.9 Å². The summed E-state index contributed by atoms with van der Waals surface area (Å²) >= 11 is 0. The SMILES string of the molecule is O=c1c(Nc2ccc(C(F)(F)F)cc2)c(NC2CCCCC2N2CCCCC2)c1=O. The predicted molar refractivity (Wildman–Crippen MR) is 111 cm³/mol. The Morgan fingerprint density at radius 1 is 0.833 bits per heavy atom. The van der Waals surface area contributed by atoms with Gasteiger partial charge in [-0.25, -0.2) is 0 Å². The van der Waals surface area contributed by atoms with Gasteiger partial charge in [-0.3, -0.25) is 14.5 Å². The zero-order valence-electron chi connectivity index (χ0n) is 16.7. The van der Waals surface area contributed by atoms with Gasteiger partial charge in [0.15, 0.2) is 0 Å². The van der Waals surface area contributed by atoms with E-state index in [1.54, 1.807) is 0 Å². The maximum absolute atomic E-state index is 12.7. The normalized spacial score (nSPS) is 23.4. The van der Waals surface area contributed by atoms with Crippen molar-refractivity contribution in [2.24, 2.45) is 0 Å². The molecular formula is C22H26F3N3O2. The number of benzene rings is 1. The van der Waals surface area contributed by atoms with E-state index in [1.165, 1.54) is 31.4 Å². The van der Waals surface area contributed by atoms with Crippen LogP contribution in [0.4, 0.5) is 30.2 Å². The van der Waals surface area contributed by atoms with E-state index in [0.717, 1.165) is 50.9 Å². The minimum atomic E-state index is -4.42. The second-order valence-electron chi connectivity index (χ2n) is 8.31. The van der Waals surface area contributed by atoms with Crippen LogP contribution < -0.4 is 21.5 Å². The van der Waals surface area contributed by atoms with Crippen LogP contribution in [-0.2, 0) is 6.18 Å². The molecule has 8 heteroatoms. The highest BCUT2D eigenvalue weighted by atomic mass is 19.4. The van der Waals surface area contributed by atoms with Crippen LogP contribution in [0.1, 0.15) is 50.5 Å². The Morgan fingerprint density at radius 2 is 1.47 bits per heavy atom. The molecule has 30 heavy (non-hydrogen) atoms. The van der Waals surface area contributed by atoms with Gasteiger partial charge in [-0.05, 0) is 63.0 Å². The summed E-state index contributed by atoms with van der Waals surface area (Å²) in [6.45, 7) is 2.12. The van der Waals surface area contributed by atoms with Gasteiger partial charge in [0.1, 0.15) is 11.4 Å². The average molecular weight is 421 g/mol.